The van der Waals surface area contributed by atoms with Gasteiger partial charge in [-0.15, -0.1) is 0 Å². The van der Waals surface area contributed by atoms with Crippen molar-refractivity contribution in [3.05, 3.63) is 63.4 Å². The van der Waals surface area contributed by atoms with Gasteiger partial charge in [0, 0.05) is 0 Å². The highest BCUT2D eigenvalue weighted by Gasteiger charge is 2.13. The molecule has 4 heteroatoms. The first-order chi connectivity index (χ1) is 9.52. The Morgan fingerprint density at radius 2 is 1.80 bits per heavy atom. The lowest BCUT2D eigenvalue weighted by Crippen LogP contribution is -1.97. The molecule has 0 heterocycles. The molecule has 0 aliphatic heterocycles. The first-order valence-electron chi connectivity index (χ1n) is 6.35. The van der Waals surface area contributed by atoms with Crippen molar-refractivity contribution in [2.45, 2.75) is 18.7 Å². The van der Waals surface area contributed by atoms with Crippen LogP contribution in [0.4, 0.5) is 4.39 Å². The van der Waals surface area contributed by atoms with Gasteiger partial charge in [0.05, 0.1) is 15.9 Å². The molecule has 1 nitrogen and oxygen atoms in total. The minimum absolute atomic E-state index is 0.0220. The molecule has 1 atom stereocenters. The maximum Gasteiger partial charge on any atom is 0.133 e. The summed E-state index contributed by atoms with van der Waals surface area (Å²) in [4.78, 5) is 0.0220. The normalized spacial score (nSPS) is 12.2. The highest BCUT2D eigenvalue weighted by Crippen LogP contribution is 2.35. The van der Waals surface area contributed by atoms with E-state index < -0.39 is 0 Å². The molecule has 0 aliphatic rings. The van der Waals surface area contributed by atoms with E-state index in [-0.39, 0.29) is 10.6 Å². The van der Waals surface area contributed by atoms with Gasteiger partial charge in [0.1, 0.15) is 11.6 Å². The van der Waals surface area contributed by atoms with Crippen LogP contribution < -0.4 is 4.74 Å². The first kappa shape index (κ1) is 15.5. The Labute approximate surface area is 135 Å². The fourth-order valence-electron chi connectivity index (χ4n) is 1.97. The third kappa shape index (κ3) is 3.41. The average Bonchev–Trinajstić information content (AvgIpc) is 2.43. The maximum absolute atomic E-state index is 13.3. The molecule has 2 aromatic rings. The molecule has 106 valence electrons. The third-order valence-electron chi connectivity index (χ3n) is 3.02. The quantitative estimate of drug-likeness (QED) is 0.590. The molecule has 0 saturated carbocycles. The summed E-state index contributed by atoms with van der Waals surface area (Å²) in [6.07, 6.45) is 0. The van der Waals surface area contributed by atoms with Crippen LogP contribution in [0.2, 0.25) is 0 Å². The monoisotopic (exact) mass is 400 g/mol. The molecule has 0 amide bonds. The second-order valence-electron chi connectivity index (χ2n) is 4.49. The number of halogens is 3. The minimum Gasteiger partial charge on any atom is -0.493 e. The van der Waals surface area contributed by atoms with Crippen molar-refractivity contribution in [3.63, 3.8) is 0 Å². The predicted octanol–water partition coefficient (Wildman–Crippen LogP) is 5.78. The Hall–Kier alpha value is -0.870. The summed E-state index contributed by atoms with van der Waals surface area (Å²) < 4.78 is 19.7. The zero-order valence-electron chi connectivity index (χ0n) is 11.3. The Morgan fingerprint density at radius 3 is 2.40 bits per heavy atom. The van der Waals surface area contributed by atoms with Crippen LogP contribution in [0.25, 0.3) is 0 Å². The maximum atomic E-state index is 13.3. The van der Waals surface area contributed by atoms with Crippen molar-refractivity contribution >= 4 is 31.9 Å². The molecule has 1 unspecified atom stereocenters. The lowest BCUT2D eigenvalue weighted by atomic mass is 10.0. The van der Waals surface area contributed by atoms with E-state index >= 15 is 0 Å². The van der Waals surface area contributed by atoms with Gasteiger partial charge in [-0.2, -0.15) is 0 Å². The number of ether oxygens (including phenoxy) is 1. The van der Waals surface area contributed by atoms with Gasteiger partial charge in [-0.05, 0) is 64.7 Å². The molecule has 0 aliphatic carbocycles. The van der Waals surface area contributed by atoms with E-state index in [1.165, 1.54) is 6.07 Å². The number of benzene rings is 2. The lowest BCUT2D eigenvalue weighted by molar-refractivity contribution is 0.338. The Morgan fingerprint density at radius 1 is 1.15 bits per heavy atom. The molecule has 0 saturated heterocycles. The second-order valence-corrected chi connectivity index (χ2v) is 6.26. The average molecular weight is 402 g/mol. The van der Waals surface area contributed by atoms with Crippen molar-refractivity contribution in [1.29, 1.82) is 0 Å². The van der Waals surface area contributed by atoms with Crippen molar-refractivity contribution in [3.8, 4) is 5.75 Å². The molecule has 0 radical (unpaired) electrons. The van der Waals surface area contributed by atoms with E-state index in [9.17, 15) is 4.39 Å². The molecule has 2 aromatic carbocycles. The van der Waals surface area contributed by atoms with E-state index in [0.717, 1.165) is 21.3 Å². The largest absolute Gasteiger partial charge is 0.493 e. The van der Waals surface area contributed by atoms with E-state index in [2.05, 4.69) is 31.9 Å². The van der Waals surface area contributed by atoms with E-state index in [1.807, 2.05) is 31.2 Å². The lowest BCUT2D eigenvalue weighted by Gasteiger charge is -2.14. The van der Waals surface area contributed by atoms with Gasteiger partial charge in [0.2, 0.25) is 0 Å². The van der Waals surface area contributed by atoms with Gasteiger partial charge >= 0.3 is 0 Å². The van der Waals surface area contributed by atoms with Gasteiger partial charge in [0.15, 0.2) is 0 Å². The zero-order valence-corrected chi connectivity index (χ0v) is 14.5. The minimum atomic E-state index is -0.179. The molecule has 2 rings (SSSR count). The van der Waals surface area contributed by atoms with E-state index in [0.29, 0.717) is 12.2 Å². The van der Waals surface area contributed by atoms with Crippen LogP contribution in [-0.4, -0.2) is 6.61 Å². The topological polar surface area (TPSA) is 9.23 Å². The predicted molar refractivity (Wildman–Crippen MR) is 87.2 cm³/mol. The van der Waals surface area contributed by atoms with Crippen LogP contribution in [0.15, 0.2) is 40.9 Å². The van der Waals surface area contributed by atoms with E-state index in [4.69, 9.17) is 4.74 Å². The van der Waals surface area contributed by atoms with Crippen LogP contribution >= 0.6 is 31.9 Å². The van der Waals surface area contributed by atoms with Crippen LogP contribution in [0.1, 0.15) is 28.4 Å². The number of rotatable bonds is 4. The molecule has 0 aromatic heterocycles. The fourth-order valence-corrected chi connectivity index (χ4v) is 3.05. The molecule has 0 spiro atoms. The first-order valence-corrected chi connectivity index (χ1v) is 8.06. The number of hydrogen-bond donors (Lipinski definition) is 0. The summed E-state index contributed by atoms with van der Waals surface area (Å²) >= 11 is 7.18. The number of aryl methyl sites for hydroxylation is 1. The summed E-state index contributed by atoms with van der Waals surface area (Å²) in [5, 5.41) is 0. The molecule has 0 bridgehead atoms. The molecule has 20 heavy (non-hydrogen) atoms. The highest BCUT2D eigenvalue weighted by molar-refractivity contribution is 9.10. The van der Waals surface area contributed by atoms with Gasteiger partial charge in [-0.1, -0.05) is 34.1 Å². The molecule has 0 fully saturated rings. The Kier molecular flexibility index (Phi) is 5.22. The van der Waals surface area contributed by atoms with Crippen LogP contribution in [0.5, 0.6) is 5.75 Å². The summed E-state index contributed by atoms with van der Waals surface area (Å²) in [6, 6.07) is 11.1. The van der Waals surface area contributed by atoms with E-state index in [1.54, 1.807) is 13.0 Å². The summed E-state index contributed by atoms with van der Waals surface area (Å²) in [5.41, 5.74) is 2.77. The Bertz CT molecular complexity index is 613. The highest BCUT2D eigenvalue weighted by atomic mass is 79.9. The molecular formula is C16H15Br2FO. The number of alkyl halides is 1. The van der Waals surface area contributed by atoms with Crippen LogP contribution in [0, 0.1) is 12.7 Å². The van der Waals surface area contributed by atoms with Crippen molar-refractivity contribution in [2.75, 3.05) is 6.61 Å². The van der Waals surface area contributed by atoms with Gasteiger partial charge in [0.25, 0.3) is 0 Å². The van der Waals surface area contributed by atoms with Gasteiger partial charge in [-0.25, -0.2) is 4.39 Å². The second kappa shape index (κ2) is 6.72. The van der Waals surface area contributed by atoms with Crippen molar-refractivity contribution in [1.82, 2.24) is 0 Å². The zero-order chi connectivity index (χ0) is 14.7. The van der Waals surface area contributed by atoms with Crippen molar-refractivity contribution in [2.24, 2.45) is 0 Å². The Balaban J connectivity index is 2.30. The van der Waals surface area contributed by atoms with Crippen LogP contribution in [0.3, 0.4) is 0 Å². The SMILES string of the molecule is CCOc1ccc(C(Br)c2ccc(F)c(C)c2)cc1Br. The molecular weight excluding hydrogens is 387 g/mol. The van der Waals surface area contributed by atoms with Crippen LogP contribution in [-0.2, 0) is 0 Å². The third-order valence-corrected chi connectivity index (χ3v) is 4.70. The van der Waals surface area contributed by atoms with Crippen molar-refractivity contribution < 1.29 is 9.13 Å². The smallest absolute Gasteiger partial charge is 0.133 e. The fraction of sp³-hybridized carbons (Fsp3) is 0.250. The summed E-state index contributed by atoms with van der Waals surface area (Å²) in [7, 11) is 0. The standard InChI is InChI=1S/C16H15Br2FO/c1-3-20-15-7-5-12(9-13(15)17)16(18)11-4-6-14(19)10(2)8-11/h4-9,16H,3H2,1-2H3. The van der Waals surface area contributed by atoms with Gasteiger partial charge < -0.3 is 4.74 Å². The summed E-state index contributed by atoms with van der Waals surface area (Å²) in [6.45, 7) is 4.36. The van der Waals surface area contributed by atoms with Gasteiger partial charge in [-0.3, -0.25) is 0 Å². The molecule has 0 N–H and O–H groups in total. The number of hydrogen-bond acceptors (Lipinski definition) is 1. The summed E-state index contributed by atoms with van der Waals surface area (Å²) in [5.74, 6) is 0.646.